The van der Waals surface area contributed by atoms with Crippen molar-refractivity contribution in [3.05, 3.63) is 111 Å². The van der Waals surface area contributed by atoms with Crippen LogP contribution in [0.3, 0.4) is 0 Å². The second kappa shape index (κ2) is 11.4. The highest BCUT2D eigenvalue weighted by Gasteiger charge is 2.24. The van der Waals surface area contributed by atoms with E-state index in [9.17, 15) is 14.7 Å². The maximum absolute atomic E-state index is 13.7. The molecule has 1 aliphatic heterocycles. The topological polar surface area (TPSA) is 92.8 Å². The molecule has 0 bridgehead atoms. The van der Waals surface area contributed by atoms with E-state index in [1.807, 2.05) is 61.8 Å². The van der Waals surface area contributed by atoms with Crippen LogP contribution in [0.5, 0.6) is 0 Å². The molecule has 1 saturated heterocycles. The second-order valence-corrected chi connectivity index (χ2v) is 11.6. The van der Waals surface area contributed by atoms with Crippen LogP contribution in [0.15, 0.2) is 88.8 Å². The lowest BCUT2D eigenvalue weighted by Crippen LogP contribution is -2.36. The summed E-state index contributed by atoms with van der Waals surface area (Å²) in [4.78, 5) is 35.7. The Kier molecular flexibility index (Phi) is 7.27. The fourth-order valence-corrected chi connectivity index (χ4v) is 6.15. The van der Waals surface area contributed by atoms with Gasteiger partial charge in [0.1, 0.15) is 11.5 Å². The SMILES string of the molecule is CN(c1ccc(N2CCOCC2)cn1)c1cc(-c2cccc(-n3ccc4cc(C5CC5)ccc4c3=O)c2CO)cn(C)c1=O. The summed E-state index contributed by atoms with van der Waals surface area (Å²) in [5.41, 5.74) is 5.12. The summed E-state index contributed by atoms with van der Waals surface area (Å²) in [5, 5.41) is 12.2. The Balaban J connectivity index is 1.26. The fourth-order valence-electron chi connectivity index (χ4n) is 6.15. The Morgan fingerprint density at radius 2 is 1.82 bits per heavy atom. The van der Waals surface area contributed by atoms with E-state index in [0.717, 1.165) is 35.3 Å². The lowest BCUT2D eigenvalue weighted by molar-refractivity contribution is 0.122. The third-order valence-corrected chi connectivity index (χ3v) is 8.83. The number of aromatic nitrogens is 3. The lowest BCUT2D eigenvalue weighted by atomic mass is 9.98. The van der Waals surface area contributed by atoms with Crippen molar-refractivity contribution in [2.24, 2.45) is 7.05 Å². The molecule has 2 aromatic carbocycles. The maximum atomic E-state index is 13.7. The Hall–Kier alpha value is -4.73. The van der Waals surface area contributed by atoms with Gasteiger partial charge in [-0.05, 0) is 71.7 Å². The summed E-state index contributed by atoms with van der Waals surface area (Å²) in [6.45, 7) is 2.74. The van der Waals surface area contributed by atoms with Crippen molar-refractivity contribution in [1.82, 2.24) is 14.1 Å². The Morgan fingerprint density at radius 3 is 2.55 bits per heavy atom. The van der Waals surface area contributed by atoms with E-state index in [2.05, 4.69) is 22.0 Å². The van der Waals surface area contributed by atoms with Gasteiger partial charge in [0, 0.05) is 56.1 Å². The summed E-state index contributed by atoms with van der Waals surface area (Å²) < 4.78 is 8.60. The number of aliphatic hydroxyl groups excluding tert-OH is 1. The molecule has 1 aliphatic carbocycles. The number of anilines is 3. The molecule has 7 rings (SSSR count). The Bertz CT molecular complexity index is 1970. The monoisotopic (exact) mass is 589 g/mol. The molecule has 2 aliphatic rings. The molecule has 1 saturated carbocycles. The van der Waals surface area contributed by atoms with E-state index >= 15 is 0 Å². The van der Waals surface area contributed by atoms with E-state index in [1.165, 1.54) is 23.0 Å². The number of hydrogen-bond acceptors (Lipinski definition) is 7. The average molecular weight is 590 g/mol. The van der Waals surface area contributed by atoms with Gasteiger partial charge in [-0.15, -0.1) is 0 Å². The minimum absolute atomic E-state index is 0.135. The van der Waals surface area contributed by atoms with Crippen molar-refractivity contribution in [3.63, 3.8) is 0 Å². The van der Waals surface area contributed by atoms with Crippen LogP contribution in [0.2, 0.25) is 0 Å². The third kappa shape index (κ3) is 5.08. The molecule has 5 aromatic rings. The Morgan fingerprint density at radius 1 is 1.00 bits per heavy atom. The molecule has 0 radical (unpaired) electrons. The molecule has 224 valence electrons. The number of benzene rings is 2. The number of morpholine rings is 1. The van der Waals surface area contributed by atoms with Crippen LogP contribution < -0.4 is 20.9 Å². The van der Waals surface area contributed by atoms with Crippen molar-refractivity contribution in [2.75, 3.05) is 43.2 Å². The molecule has 9 nitrogen and oxygen atoms in total. The average Bonchev–Trinajstić information content (AvgIpc) is 3.92. The number of pyridine rings is 3. The zero-order valence-corrected chi connectivity index (χ0v) is 24.9. The first kappa shape index (κ1) is 28.1. The summed E-state index contributed by atoms with van der Waals surface area (Å²) in [7, 11) is 3.54. The van der Waals surface area contributed by atoms with E-state index in [-0.39, 0.29) is 17.7 Å². The number of aliphatic hydroxyl groups is 1. The first-order valence-electron chi connectivity index (χ1n) is 15.0. The number of ether oxygens (including phenoxy) is 1. The highest BCUT2D eigenvalue weighted by Crippen LogP contribution is 2.40. The zero-order valence-electron chi connectivity index (χ0n) is 24.9. The highest BCUT2D eigenvalue weighted by atomic mass is 16.5. The lowest BCUT2D eigenvalue weighted by Gasteiger charge is -2.29. The van der Waals surface area contributed by atoms with Crippen molar-refractivity contribution in [1.29, 1.82) is 0 Å². The molecule has 0 spiro atoms. The van der Waals surface area contributed by atoms with Crippen LogP contribution in [0.4, 0.5) is 17.2 Å². The molecule has 3 aromatic heterocycles. The van der Waals surface area contributed by atoms with Gasteiger partial charge in [-0.1, -0.05) is 24.3 Å². The highest BCUT2D eigenvalue weighted by molar-refractivity contribution is 5.83. The molecular weight excluding hydrogens is 554 g/mol. The summed E-state index contributed by atoms with van der Waals surface area (Å²) in [5.74, 6) is 1.25. The van der Waals surface area contributed by atoms with Crippen molar-refractivity contribution in [3.8, 4) is 16.8 Å². The van der Waals surface area contributed by atoms with Gasteiger partial charge >= 0.3 is 0 Å². The molecule has 44 heavy (non-hydrogen) atoms. The van der Waals surface area contributed by atoms with Gasteiger partial charge in [0.25, 0.3) is 11.1 Å². The predicted molar refractivity (Wildman–Crippen MR) is 173 cm³/mol. The predicted octanol–water partition coefficient (Wildman–Crippen LogP) is 4.73. The standard InChI is InChI=1S/C35H35N5O4/c1-37-21-26(19-32(35(37)43)38(2)33-11-9-27(20-36-33)39-14-16-44-17-15-39)28-4-3-5-31(30(28)22-41)40-13-12-25-18-24(23-6-7-23)8-10-29(25)34(40)42/h3-5,8-13,18-21,23,41H,6-7,14-17,22H2,1-2H3. The number of aryl methyl sites for hydroxylation is 1. The van der Waals surface area contributed by atoms with Gasteiger partial charge in [0.2, 0.25) is 0 Å². The first-order chi connectivity index (χ1) is 21.4. The van der Waals surface area contributed by atoms with E-state index in [4.69, 9.17) is 4.74 Å². The van der Waals surface area contributed by atoms with E-state index in [1.54, 1.807) is 28.9 Å². The van der Waals surface area contributed by atoms with Gasteiger partial charge in [-0.2, -0.15) is 0 Å². The largest absolute Gasteiger partial charge is 0.392 e. The smallest absolute Gasteiger partial charge is 0.274 e. The van der Waals surface area contributed by atoms with Crippen LogP contribution in [-0.2, 0) is 18.4 Å². The van der Waals surface area contributed by atoms with Crippen LogP contribution in [0.1, 0.15) is 29.9 Å². The molecule has 0 atom stereocenters. The van der Waals surface area contributed by atoms with Gasteiger partial charge in [0.15, 0.2) is 0 Å². The van der Waals surface area contributed by atoms with E-state index in [0.29, 0.717) is 47.3 Å². The number of nitrogens with zero attached hydrogens (tertiary/aromatic N) is 5. The van der Waals surface area contributed by atoms with Crippen LogP contribution in [-0.4, -0.2) is 52.6 Å². The van der Waals surface area contributed by atoms with Crippen LogP contribution in [0, 0.1) is 0 Å². The van der Waals surface area contributed by atoms with Crippen molar-refractivity contribution >= 4 is 28.0 Å². The summed E-state index contributed by atoms with van der Waals surface area (Å²) >= 11 is 0. The fraction of sp³-hybridized carbons (Fsp3) is 0.286. The first-order valence-corrected chi connectivity index (χ1v) is 15.0. The third-order valence-electron chi connectivity index (χ3n) is 8.83. The van der Waals surface area contributed by atoms with Crippen LogP contribution >= 0.6 is 0 Å². The molecule has 4 heterocycles. The van der Waals surface area contributed by atoms with Crippen molar-refractivity contribution < 1.29 is 9.84 Å². The number of hydrogen-bond donors (Lipinski definition) is 1. The minimum Gasteiger partial charge on any atom is -0.392 e. The van der Waals surface area contributed by atoms with Gasteiger partial charge < -0.3 is 24.2 Å². The zero-order chi connectivity index (χ0) is 30.4. The molecule has 1 N–H and O–H groups in total. The quantitative estimate of drug-likeness (QED) is 0.294. The number of rotatable bonds is 7. The maximum Gasteiger partial charge on any atom is 0.274 e. The van der Waals surface area contributed by atoms with Crippen LogP contribution in [0.25, 0.3) is 27.6 Å². The minimum atomic E-state index is -0.283. The molecule has 2 fully saturated rings. The molecule has 0 amide bonds. The van der Waals surface area contributed by atoms with Gasteiger partial charge in [-0.25, -0.2) is 4.98 Å². The second-order valence-electron chi connectivity index (χ2n) is 11.6. The van der Waals surface area contributed by atoms with Gasteiger partial charge in [-0.3, -0.25) is 14.2 Å². The number of fused-ring (bicyclic) bond motifs is 1. The normalized spacial score (nSPS) is 15.1. The summed E-state index contributed by atoms with van der Waals surface area (Å²) in [6, 6.07) is 19.4. The summed E-state index contributed by atoms with van der Waals surface area (Å²) in [6.07, 6.45) is 7.78. The van der Waals surface area contributed by atoms with Gasteiger partial charge in [0.05, 0.1) is 37.4 Å². The Labute approximate surface area is 255 Å². The molecular formula is C35H35N5O4. The molecule has 0 unspecified atom stereocenters. The van der Waals surface area contributed by atoms with E-state index < -0.39 is 0 Å². The van der Waals surface area contributed by atoms with Crippen molar-refractivity contribution in [2.45, 2.75) is 25.4 Å². The molecule has 9 heteroatoms.